The van der Waals surface area contributed by atoms with Crippen molar-refractivity contribution >= 4 is 0 Å². The van der Waals surface area contributed by atoms with Crippen LogP contribution in [0.3, 0.4) is 0 Å². The lowest BCUT2D eigenvalue weighted by atomic mass is 10.6. The van der Waals surface area contributed by atoms with Crippen LogP contribution in [0.2, 0.25) is 0 Å². The van der Waals surface area contributed by atoms with Crippen molar-refractivity contribution in [2.24, 2.45) is 0 Å². The van der Waals surface area contributed by atoms with Crippen LogP contribution in [0.15, 0.2) is 25.3 Å². The van der Waals surface area contributed by atoms with Crippen LogP contribution in [-0.4, -0.2) is 12.6 Å². The molecule has 3 nitrogen and oxygen atoms in total. The third kappa shape index (κ3) is 3.82. The summed E-state index contributed by atoms with van der Waals surface area (Å²) < 4.78 is 27.2. The average Bonchev–Trinajstić information content (AvgIpc) is 2.07. The number of rotatable bonds is 6. The second kappa shape index (κ2) is 5.96. The summed E-state index contributed by atoms with van der Waals surface area (Å²) in [5.74, 6) is 0. The van der Waals surface area contributed by atoms with E-state index < -0.39 is 12.6 Å². The van der Waals surface area contributed by atoms with Crippen molar-refractivity contribution in [1.82, 2.24) is 0 Å². The number of halogens is 2. The minimum absolute atomic E-state index is 0.996. The number of ether oxygens (including phenoxy) is 1. The molecule has 0 heterocycles. The lowest BCUT2D eigenvalue weighted by Gasteiger charge is -2.11. The van der Waals surface area contributed by atoms with E-state index in [4.69, 9.17) is 0 Å². The molecular formula is C6H8F2O3. The van der Waals surface area contributed by atoms with Crippen LogP contribution in [0.1, 0.15) is 0 Å². The Morgan fingerprint density at radius 2 is 1.36 bits per heavy atom. The van der Waals surface area contributed by atoms with E-state index in [9.17, 15) is 9.05 Å². The Bertz CT molecular complexity index is 115. The second-order valence-electron chi connectivity index (χ2n) is 1.52. The third-order valence-corrected chi connectivity index (χ3v) is 0.829. The molecule has 0 aliphatic rings. The highest BCUT2D eigenvalue weighted by Crippen LogP contribution is 2.04. The van der Waals surface area contributed by atoms with Crippen molar-refractivity contribution in [3.63, 3.8) is 0 Å². The van der Waals surface area contributed by atoms with Crippen LogP contribution in [-0.2, 0) is 14.6 Å². The molecule has 0 fully saturated rings. The fraction of sp³-hybridized carbons (Fsp3) is 0.333. The van der Waals surface area contributed by atoms with Crippen LogP contribution in [0.25, 0.3) is 0 Å². The molecule has 0 aromatic heterocycles. The van der Waals surface area contributed by atoms with Gasteiger partial charge in [-0.05, 0) is 21.2 Å². The molecule has 11 heavy (non-hydrogen) atoms. The maximum absolute atomic E-state index is 11.4. The van der Waals surface area contributed by atoms with E-state index in [1.165, 1.54) is 0 Å². The molecule has 0 aromatic rings. The fourth-order valence-corrected chi connectivity index (χ4v) is 0.358. The van der Waals surface area contributed by atoms with Gasteiger partial charge in [-0.25, -0.2) is 0 Å². The van der Waals surface area contributed by atoms with E-state index in [-0.39, 0.29) is 0 Å². The predicted molar refractivity (Wildman–Crippen MR) is 33.4 cm³/mol. The van der Waals surface area contributed by atoms with Crippen molar-refractivity contribution in [2.75, 3.05) is 0 Å². The zero-order chi connectivity index (χ0) is 8.69. The van der Waals surface area contributed by atoms with Gasteiger partial charge in [0, 0.05) is 0 Å². The largest absolute Gasteiger partial charge is 0.310 e. The summed E-state index contributed by atoms with van der Waals surface area (Å²) in [6.45, 7) is 6.30. The topological polar surface area (TPSA) is 27.7 Å². The fourth-order valence-electron chi connectivity index (χ4n) is 0.358. The monoisotopic (exact) mass is 166 g/mol. The lowest BCUT2D eigenvalue weighted by molar-refractivity contribution is -0.331. The van der Waals surface area contributed by atoms with Crippen LogP contribution < -0.4 is 0 Å². The Balaban J connectivity index is 3.76. The van der Waals surface area contributed by atoms with Crippen molar-refractivity contribution in [3.05, 3.63) is 25.3 Å². The molecular weight excluding hydrogens is 158 g/mol. The molecule has 0 saturated heterocycles. The van der Waals surface area contributed by atoms with Crippen molar-refractivity contribution < 1.29 is 23.7 Å². The van der Waals surface area contributed by atoms with Gasteiger partial charge in [-0.2, -0.15) is 9.88 Å². The molecule has 0 aliphatic heterocycles. The van der Waals surface area contributed by atoms with Gasteiger partial charge >= 0.3 is 0 Å². The minimum Gasteiger partial charge on any atom is -0.310 e. The SMILES string of the molecule is C=CC(OF)OC(C=C)OF. The van der Waals surface area contributed by atoms with Crippen LogP contribution in [0.5, 0.6) is 0 Å². The summed E-state index contributed by atoms with van der Waals surface area (Å²) in [6.07, 6.45) is -0.715. The minimum atomic E-state index is -1.35. The van der Waals surface area contributed by atoms with E-state index in [1.807, 2.05) is 0 Å². The van der Waals surface area contributed by atoms with Gasteiger partial charge in [-0.15, -0.1) is 0 Å². The standard InChI is InChI=1S/C6H8F2O3/c1-3-5(10-7)9-6(4-2)11-8/h3-6H,1-2H2. The van der Waals surface area contributed by atoms with Crippen LogP contribution >= 0.6 is 0 Å². The molecule has 0 bridgehead atoms. The van der Waals surface area contributed by atoms with Gasteiger partial charge in [-0.1, -0.05) is 13.2 Å². The first-order valence-corrected chi connectivity index (χ1v) is 2.73. The Hall–Kier alpha value is -0.780. The van der Waals surface area contributed by atoms with Gasteiger partial charge in [-0.3, -0.25) is 0 Å². The van der Waals surface area contributed by atoms with Crippen LogP contribution in [0, 0.1) is 0 Å². The maximum Gasteiger partial charge on any atom is 0.218 e. The maximum atomic E-state index is 11.4. The summed E-state index contributed by atoms with van der Waals surface area (Å²) in [5, 5.41) is 0. The molecule has 0 N–H and O–H groups in total. The smallest absolute Gasteiger partial charge is 0.218 e. The van der Waals surface area contributed by atoms with E-state index >= 15 is 0 Å². The van der Waals surface area contributed by atoms with Gasteiger partial charge in [0.2, 0.25) is 12.6 Å². The first kappa shape index (κ1) is 10.2. The quantitative estimate of drug-likeness (QED) is 0.445. The summed E-state index contributed by atoms with van der Waals surface area (Å²) >= 11 is 0. The molecule has 0 aliphatic carbocycles. The average molecular weight is 166 g/mol. The molecule has 64 valence electrons. The van der Waals surface area contributed by atoms with E-state index in [1.54, 1.807) is 0 Å². The first-order valence-electron chi connectivity index (χ1n) is 2.73. The highest BCUT2D eigenvalue weighted by Gasteiger charge is 2.12. The molecule has 0 amide bonds. The van der Waals surface area contributed by atoms with Gasteiger partial charge in [0.15, 0.2) is 0 Å². The normalized spacial score (nSPS) is 15.5. The van der Waals surface area contributed by atoms with E-state index in [0.717, 1.165) is 12.2 Å². The first-order chi connectivity index (χ1) is 5.28. The number of hydrogen-bond donors (Lipinski definition) is 0. The van der Waals surface area contributed by atoms with Crippen LogP contribution in [0.4, 0.5) is 9.05 Å². The lowest BCUT2D eigenvalue weighted by Crippen LogP contribution is -2.19. The molecule has 0 rings (SSSR count). The Kier molecular flexibility index (Phi) is 5.54. The predicted octanol–water partition coefficient (Wildman–Crippen LogP) is 1.83. The zero-order valence-electron chi connectivity index (χ0n) is 5.70. The Morgan fingerprint density at radius 3 is 1.55 bits per heavy atom. The van der Waals surface area contributed by atoms with Crippen molar-refractivity contribution in [3.8, 4) is 0 Å². The summed E-state index contributed by atoms with van der Waals surface area (Å²) in [6, 6.07) is 0. The third-order valence-electron chi connectivity index (χ3n) is 0.829. The molecule has 0 aromatic carbocycles. The summed E-state index contributed by atoms with van der Waals surface area (Å²) in [4.78, 5) is 6.40. The molecule has 0 saturated carbocycles. The molecule has 0 radical (unpaired) electrons. The van der Waals surface area contributed by atoms with E-state index in [0.29, 0.717) is 0 Å². The Morgan fingerprint density at radius 1 is 1.00 bits per heavy atom. The molecule has 2 unspecified atom stereocenters. The zero-order valence-corrected chi connectivity index (χ0v) is 5.70. The molecule has 5 heteroatoms. The van der Waals surface area contributed by atoms with Gasteiger partial charge in [0.05, 0.1) is 0 Å². The number of hydrogen-bond acceptors (Lipinski definition) is 3. The highest BCUT2D eigenvalue weighted by atomic mass is 19.3. The van der Waals surface area contributed by atoms with Crippen molar-refractivity contribution in [1.29, 1.82) is 0 Å². The van der Waals surface area contributed by atoms with E-state index in [2.05, 4.69) is 27.8 Å². The van der Waals surface area contributed by atoms with Gasteiger partial charge in [0.25, 0.3) is 0 Å². The van der Waals surface area contributed by atoms with Gasteiger partial charge < -0.3 is 4.74 Å². The highest BCUT2D eigenvalue weighted by molar-refractivity contribution is 4.76. The molecule has 2 atom stereocenters. The summed E-state index contributed by atoms with van der Waals surface area (Å²) in [7, 11) is 0. The van der Waals surface area contributed by atoms with Crippen molar-refractivity contribution in [2.45, 2.75) is 12.6 Å². The van der Waals surface area contributed by atoms with Gasteiger partial charge in [0.1, 0.15) is 0 Å². The summed E-state index contributed by atoms with van der Waals surface area (Å²) in [5.41, 5.74) is 0. The second-order valence-corrected chi connectivity index (χ2v) is 1.52. The molecule has 0 spiro atoms. The Labute approximate surface area is 62.7 Å².